The van der Waals surface area contributed by atoms with Crippen LogP contribution >= 0.6 is 15.9 Å². The molecule has 1 aliphatic rings. The lowest BCUT2D eigenvalue weighted by Crippen LogP contribution is -2.30. The molecule has 0 aromatic heterocycles. The maximum absolute atomic E-state index is 3.87. The van der Waals surface area contributed by atoms with E-state index in [-0.39, 0.29) is 0 Å². The zero-order chi connectivity index (χ0) is 9.84. The molecule has 4 unspecified atom stereocenters. The Labute approximate surface area is 91.6 Å². The molecule has 4 atom stereocenters. The number of hydrogen-bond acceptors (Lipinski definition) is 0. The van der Waals surface area contributed by atoms with Gasteiger partial charge in [-0.1, -0.05) is 56.0 Å². The molecule has 0 amide bonds. The Morgan fingerprint density at radius 3 is 2.62 bits per heavy atom. The molecular weight excluding hydrogens is 224 g/mol. The van der Waals surface area contributed by atoms with Crippen molar-refractivity contribution in [3.63, 3.8) is 0 Å². The maximum atomic E-state index is 3.87. The number of rotatable bonds is 3. The molecule has 1 rings (SSSR count). The van der Waals surface area contributed by atoms with E-state index in [9.17, 15) is 0 Å². The number of hydrogen-bond donors (Lipinski definition) is 0. The highest BCUT2D eigenvalue weighted by molar-refractivity contribution is 9.09. The van der Waals surface area contributed by atoms with Crippen molar-refractivity contribution >= 4 is 15.9 Å². The molecule has 0 bridgehead atoms. The Hall–Kier alpha value is 0.480. The van der Waals surface area contributed by atoms with Gasteiger partial charge < -0.3 is 0 Å². The van der Waals surface area contributed by atoms with Crippen molar-refractivity contribution in [2.75, 3.05) is 0 Å². The highest BCUT2D eigenvalue weighted by atomic mass is 79.9. The van der Waals surface area contributed by atoms with Crippen molar-refractivity contribution in [3.8, 4) is 0 Å². The highest BCUT2D eigenvalue weighted by Crippen LogP contribution is 2.39. The molecule has 1 heteroatoms. The fourth-order valence-corrected chi connectivity index (χ4v) is 3.83. The molecule has 0 spiro atoms. The minimum atomic E-state index is 0.773. The van der Waals surface area contributed by atoms with E-state index >= 15 is 0 Å². The van der Waals surface area contributed by atoms with E-state index in [1.54, 1.807) is 0 Å². The van der Waals surface area contributed by atoms with Crippen LogP contribution in [-0.4, -0.2) is 4.83 Å². The summed E-state index contributed by atoms with van der Waals surface area (Å²) in [5, 5.41) is 0. The van der Waals surface area contributed by atoms with Gasteiger partial charge in [0, 0.05) is 4.83 Å². The molecule has 0 aromatic carbocycles. The highest BCUT2D eigenvalue weighted by Gasteiger charge is 2.30. The lowest BCUT2D eigenvalue weighted by atomic mass is 9.72. The molecule has 0 heterocycles. The quantitative estimate of drug-likeness (QED) is 0.638. The second-order valence-electron chi connectivity index (χ2n) is 4.74. The summed E-state index contributed by atoms with van der Waals surface area (Å²) in [5.74, 6) is 2.80. The summed E-state index contributed by atoms with van der Waals surface area (Å²) in [4.78, 5) is 0.773. The van der Waals surface area contributed by atoms with Gasteiger partial charge in [0.15, 0.2) is 0 Å². The van der Waals surface area contributed by atoms with Gasteiger partial charge >= 0.3 is 0 Å². The molecule has 1 aliphatic carbocycles. The van der Waals surface area contributed by atoms with Crippen LogP contribution < -0.4 is 0 Å². The van der Waals surface area contributed by atoms with Gasteiger partial charge in [-0.15, -0.1) is 0 Å². The van der Waals surface area contributed by atoms with E-state index in [1.165, 1.54) is 32.1 Å². The van der Waals surface area contributed by atoms with E-state index in [4.69, 9.17) is 0 Å². The van der Waals surface area contributed by atoms with Gasteiger partial charge in [-0.05, 0) is 30.6 Å². The van der Waals surface area contributed by atoms with Crippen LogP contribution in [0.5, 0.6) is 0 Å². The monoisotopic (exact) mass is 246 g/mol. The molecule has 78 valence electrons. The normalized spacial score (nSPS) is 37.4. The Balaban J connectivity index is 2.46. The second kappa shape index (κ2) is 5.38. The van der Waals surface area contributed by atoms with Crippen molar-refractivity contribution in [2.24, 2.45) is 17.8 Å². The Morgan fingerprint density at radius 2 is 2.00 bits per heavy atom. The molecule has 0 saturated heterocycles. The van der Waals surface area contributed by atoms with Crippen LogP contribution in [0, 0.1) is 17.8 Å². The molecule has 0 radical (unpaired) electrons. The minimum absolute atomic E-state index is 0.773. The van der Waals surface area contributed by atoms with Gasteiger partial charge in [0.1, 0.15) is 0 Å². The van der Waals surface area contributed by atoms with E-state index < -0.39 is 0 Å². The summed E-state index contributed by atoms with van der Waals surface area (Å²) in [7, 11) is 0. The van der Waals surface area contributed by atoms with Crippen LogP contribution in [0.2, 0.25) is 0 Å². The fourth-order valence-electron chi connectivity index (χ4n) is 2.62. The molecular formula is C12H23Br. The van der Waals surface area contributed by atoms with Crippen LogP contribution in [0.25, 0.3) is 0 Å². The third-order valence-corrected chi connectivity index (χ3v) is 4.94. The second-order valence-corrected chi connectivity index (χ2v) is 5.91. The van der Waals surface area contributed by atoms with E-state index in [0.29, 0.717) is 0 Å². The van der Waals surface area contributed by atoms with Crippen LogP contribution in [-0.2, 0) is 0 Å². The van der Waals surface area contributed by atoms with E-state index in [2.05, 4.69) is 36.7 Å². The van der Waals surface area contributed by atoms with Gasteiger partial charge in [-0.3, -0.25) is 0 Å². The first kappa shape index (κ1) is 11.6. The van der Waals surface area contributed by atoms with Crippen LogP contribution in [0.15, 0.2) is 0 Å². The molecule has 0 aliphatic heterocycles. The van der Waals surface area contributed by atoms with E-state index in [0.717, 1.165) is 22.6 Å². The maximum Gasteiger partial charge on any atom is 0.0176 e. The van der Waals surface area contributed by atoms with Crippen molar-refractivity contribution < 1.29 is 0 Å². The predicted molar refractivity (Wildman–Crippen MR) is 63.3 cm³/mol. The smallest absolute Gasteiger partial charge is 0.0176 e. The van der Waals surface area contributed by atoms with Gasteiger partial charge in [0.25, 0.3) is 0 Å². The average molecular weight is 247 g/mol. The zero-order valence-corrected chi connectivity index (χ0v) is 10.8. The van der Waals surface area contributed by atoms with Gasteiger partial charge in [-0.25, -0.2) is 0 Å². The Bertz CT molecular complexity index is 144. The first-order valence-corrected chi connectivity index (χ1v) is 6.72. The lowest BCUT2D eigenvalue weighted by molar-refractivity contribution is 0.177. The van der Waals surface area contributed by atoms with Crippen molar-refractivity contribution in [1.82, 2.24) is 0 Å². The van der Waals surface area contributed by atoms with Gasteiger partial charge in [0.05, 0.1) is 0 Å². The minimum Gasteiger partial charge on any atom is -0.0888 e. The summed E-state index contributed by atoms with van der Waals surface area (Å²) in [6, 6.07) is 0. The summed E-state index contributed by atoms with van der Waals surface area (Å²) in [6.45, 7) is 7.14. The van der Waals surface area contributed by atoms with Crippen molar-refractivity contribution in [1.29, 1.82) is 0 Å². The largest absolute Gasteiger partial charge is 0.0888 e. The molecule has 0 nitrogen and oxygen atoms in total. The molecule has 0 aromatic rings. The summed E-state index contributed by atoms with van der Waals surface area (Å²) >= 11 is 3.87. The SMILES string of the molecule is CCCC(Br)C1CCCC(C)C1C. The van der Waals surface area contributed by atoms with Crippen LogP contribution in [0.3, 0.4) is 0 Å². The number of halogens is 1. The van der Waals surface area contributed by atoms with Crippen LogP contribution in [0.1, 0.15) is 52.9 Å². The van der Waals surface area contributed by atoms with Crippen LogP contribution in [0.4, 0.5) is 0 Å². The Kier molecular flexibility index (Phi) is 4.78. The third-order valence-electron chi connectivity index (χ3n) is 3.80. The molecule has 1 fully saturated rings. The Morgan fingerprint density at radius 1 is 1.31 bits per heavy atom. The predicted octanol–water partition coefficient (Wildman–Crippen LogP) is 4.62. The molecule has 1 saturated carbocycles. The first-order chi connectivity index (χ1) is 6.16. The zero-order valence-electron chi connectivity index (χ0n) is 9.22. The third kappa shape index (κ3) is 2.97. The van der Waals surface area contributed by atoms with Crippen molar-refractivity contribution in [3.05, 3.63) is 0 Å². The van der Waals surface area contributed by atoms with Gasteiger partial charge in [0.2, 0.25) is 0 Å². The summed E-state index contributed by atoms with van der Waals surface area (Å²) < 4.78 is 0. The standard InChI is InChI=1S/C12H23Br/c1-4-6-12(13)11-8-5-7-9(2)10(11)3/h9-12H,4-8H2,1-3H3. The molecule has 0 N–H and O–H groups in total. The van der Waals surface area contributed by atoms with Gasteiger partial charge in [-0.2, -0.15) is 0 Å². The topological polar surface area (TPSA) is 0 Å². The lowest BCUT2D eigenvalue weighted by Gasteiger charge is -2.37. The first-order valence-electron chi connectivity index (χ1n) is 5.80. The number of alkyl halides is 1. The molecule has 13 heavy (non-hydrogen) atoms. The van der Waals surface area contributed by atoms with Crippen molar-refractivity contribution in [2.45, 2.75) is 57.7 Å². The van der Waals surface area contributed by atoms with E-state index in [1.807, 2.05) is 0 Å². The summed E-state index contributed by atoms with van der Waals surface area (Å²) in [6.07, 6.45) is 7.00. The summed E-state index contributed by atoms with van der Waals surface area (Å²) in [5.41, 5.74) is 0. The fraction of sp³-hybridized carbons (Fsp3) is 1.00. The average Bonchev–Trinajstić information content (AvgIpc) is 2.10.